The highest BCUT2D eigenvalue weighted by Crippen LogP contribution is 2.22. The zero-order chi connectivity index (χ0) is 13.0. The molecule has 1 aliphatic heterocycles. The summed E-state index contributed by atoms with van der Waals surface area (Å²) in [5, 5.41) is 3.96. The molecule has 0 aliphatic carbocycles. The normalized spacial score (nSPS) is 23.3. The number of hydrogen-bond donors (Lipinski definition) is 1. The van der Waals surface area contributed by atoms with Crippen LogP contribution in [0.15, 0.2) is 30.3 Å². The lowest BCUT2D eigenvalue weighted by Gasteiger charge is -2.16. The van der Waals surface area contributed by atoms with E-state index in [0.717, 1.165) is 25.2 Å². The summed E-state index contributed by atoms with van der Waals surface area (Å²) in [5.41, 5.74) is 0.787. The zero-order valence-corrected chi connectivity index (χ0v) is 11.7. The number of hydrogen-bond acceptors (Lipinski definition) is 3. The van der Waals surface area contributed by atoms with Crippen LogP contribution in [0.5, 0.6) is 0 Å². The Kier molecular flexibility index (Phi) is 4.66. The second kappa shape index (κ2) is 6.25. The first-order valence-corrected chi connectivity index (χ1v) is 7.65. The van der Waals surface area contributed by atoms with Gasteiger partial charge in [0.05, 0.1) is 0 Å². The third-order valence-corrected chi connectivity index (χ3v) is 4.43. The minimum absolute atomic E-state index is 0.148. The smallest absolute Gasteiger partial charge is 0.253 e. The summed E-state index contributed by atoms with van der Waals surface area (Å²) in [5.74, 6) is 0.148. The van der Waals surface area contributed by atoms with E-state index >= 15 is 0 Å². The number of nitrogens with zero attached hydrogens (tertiary/aromatic N) is 1. The van der Waals surface area contributed by atoms with Crippen molar-refractivity contribution in [3.05, 3.63) is 35.9 Å². The monoisotopic (exact) mass is 264 g/mol. The molecule has 2 rings (SSSR count). The molecule has 1 aromatic carbocycles. The molecule has 18 heavy (non-hydrogen) atoms. The third kappa shape index (κ3) is 2.87. The Hall–Kier alpha value is -1.00. The molecule has 3 nitrogen and oxygen atoms in total. The van der Waals surface area contributed by atoms with E-state index in [1.807, 2.05) is 47.0 Å². The maximum atomic E-state index is 12.3. The summed E-state index contributed by atoms with van der Waals surface area (Å²) in [6.07, 6.45) is 2.12. The van der Waals surface area contributed by atoms with E-state index in [4.69, 9.17) is 0 Å². The first-order valence-electron chi connectivity index (χ1n) is 6.36. The lowest BCUT2D eigenvalue weighted by Crippen LogP contribution is -2.38. The largest absolute Gasteiger partial charge is 0.336 e. The van der Waals surface area contributed by atoms with Crippen LogP contribution in [-0.2, 0) is 0 Å². The molecule has 0 saturated carbocycles. The van der Waals surface area contributed by atoms with Gasteiger partial charge in [0.2, 0.25) is 0 Å². The quantitative estimate of drug-likeness (QED) is 0.901. The molecule has 0 radical (unpaired) electrons. The summed E-state index contributed by atoms with van der Waals surface area (Å²) in [7, 11) is 0. The van der Waals surface area contributed by atoms with Crippen LogP contribution in [0.3, 0.4) is 0 Å². The molecule has 1 N–H and O–H groups in total. The summed E-state index contributed by atoms with van der Waals surface area (Å²) in [6, 6.07) is 9.95. The molecular formula is C14H20N2OS. The minimum atomic E-state index is 0.148. The Morgan fingerprint density at radius 3 is 2.72 bits per heavy atom. The minimum Gasteiger partial charge on any atom is -0.336 e. The van der Waals surface area contributed by atoms with Crippen molar-refractivity contribution < 1.29 is 4.79 Å². The van der Waals surface area contributed by atoms with E-state index in [1.54, 1.807) is 0 Å². The van der Waals surface area contributed by atoms with Crippen LogP contribution in [-0.4, -0.2) is 48.0 Å². The van der Waals surface area contributed by atoms with Crippen LogP contribution in [0, 0.1) is 0 Å². The van der Waals surface area contributed by atoms with Gasteiger partial charge in [-0.2, -0.15) is 11.8 Å². The van der Waals surface area contributed by atoms with Gasteiger partial charge in [0.1, 0.15) is 0 Å². The number of rotatable bonds is 4. The van der Waals surface area contributed by atoms with Crippen LogP contribution >= 0.6 is 11.8 Å². The van der Waals surface area contributed by atoms with Gasteiger partial charge in [-0.05, 0) is 24.9 Å². The molecule has 98 valence electrons. The zero-order valence-electron chi connectivity index (χ0n) is 10.9. The van der Waals surface area contributed by atoms with E-state index in [0.29, 0.717) is 11.3 Å². The molecule has 1 fully saturated rings. The van der Waals surface area contributed by atoms with Crippen molar-refractivity contribution in [2.75, 3.05) is 25.9 Å². The van der Waals surface area contributed by atoms with Gasteiger partial charge >= 0.3 is 0 Å². The van der Waals surface area contributed by atoms with Crippen molar-refractivity contribution in [3.63, 3.8) is 0 Å². The van der Waals surface area contributed by atoms with Gasteiger partial charge in [-0.25, -0.2) is 0 Å². The molecule has 1 aliphatic rings. The molecule has 1 saturated heterocycles. The van der Waals surface area contributed by atoms with Gasteiger partial charge in [0.25, 0.3) is 5.91 Å². The highest BCUT2D eigenvalue weighted by atomic mass is 32.2. The van der Waals surface area contributed by atoms with Crippen molar-refractivity contribution in [1.29, 1.82) is 0 Å². The molecule has 0 aromatic heterocycles. The first kappa shape index (κ1) is 13.4. The van der Waals surface area contributed by atoms with E-state index in [2.05, 4.69) is 18.5 Å². The Balaban J connectivity index is 2.05. The molecule has 0 bridgehead atoms. The van der Waals surface area contributed by atoms with Crippen molar-refractivity contribution in [2.45, 2.75) is 18.2 Å². The SMILES string of the molecule is CCNC1CN(C(=O)c2ccccc2)CC1SC. The average molecular weight is 264 g/mol. The fraction of sp³-hybridized carbons (Fsp3) is 0.500. The van der Waals surface area contributed by atoms with E-state index in [1.165, 1.54) is 0 Å². The van der Waals surface area contributed by atoms with Gasteiger partial charge in [0, 0.05) is 29.9 Å². The van der Waals surface area contributed by atoms with Crippen molar-refractivity contribution in [2.24, 2.45) is 0 Å². The van der Waals surface area contributed by atoms with E-state index < -0.39 is 0 Å². The number of amides is 1. The van der Waals surface area contributed by atoms with Crippen LogP contribution in [0.1, 0.15) is 17.3 Å². The maximum absolute atomic E-state index is 12.3. The Morgan fingerprint density at radius 1 is 1.39 bits per heavy atom. The van der Waals surface area contributed by atoms with Crippen molar-refractivity contribution >= 4 is 17.7 Å². The Labute approximate surface area is 113 Å². The molecule has 2 unspecified atom stereocenters. The highest BCUT2D eigenvalue weighted by Gasteiger charge is 2.34. The lowest BCUT2D eigenvalue weighted by atomic mass is 10.2. The summed E-state index contributed by atoms with van der Waals surface area (Å²) in [6.45, 7) is 4.72. The molecule has 1 aromatic rings. The lowest BCUT2D eigenvalue weighted by molar-refractivity contribution is 0.0790. The van der Waals surface area contributed by atoms with Gasteiger partial charge in [-0.3, -0.25) is 4.79 Å². The second-order valence-electron chi connectivity index (χ2n) is 4.51. The van der Waals surface area contributed by atoms with Crippen LogP contribution in [0.25, 0.3) is 0 Å². The maximum Gasteiger partial charge on any atom is 0.253 e. The molecule has 0 spiro atoms. The number of carbonyl (C=O) groups excluding carboxylic acids is 1. The van der Waals surface area contributed by atoms with Crippen LogP contribution in [0.4, 0.5) is 0 Å². The predicted molar refractivity (Wildman–Crippen MR) is 77.1 cm³/mol. The van der Waals surface area contributed by atoms with E-state index in [-0.39, 0.29) is 5.91 Å². The van der Waals surface area contributed by atoms with Crippen LogP contribution < -0.4 is 5.32 Å². The summed E-state index contributed by atoms with van der Waals surface area (Å²) in [4.78, 5) is 14.3. The van der Waals surface area contributed by atoms with Crippen molar-refractivity contribution in [3.8, 4) is 0 Å². The molecule has 1 amide bonds. The number of benzene rings is 1. The average Bonchev–Trinajstić information content (AvgIpc) is 2.82. The standard InChI is InChI=1S/C14H20N2OS/c1-3-15-12-9-16(10-13(12)18-2)14(17)11-7-5-4-6-8-11/h4-8,12-13,15H,3,9-10H2,1-2H3. The number of carbonyl (C=O) groups is 1. The Bertz CT molecular complexity index is 396. The van der Waals surface area contributed by atoms with Gasteiger partial charge < -0.3 is 10.2 Å². The van der Waals surface area contributed by atoms with Crippen molar-refractivity contribution in [1.82, 2.24) is 10.2 Å². The Morgan fingerprint density at radius 2 is 2.11 bits per heavy atom. The molecule has 2 atom stereocenters. The number of thioether (sulfide) groups is 1. The fourth-order valence-corrected chi connectivity index (χ4v) is 3.24. The third-order valence-electron chi connectivity index (χ3n) is 3.34. The number of likely N-dealkylation sites (N-methyl/N-ethyl adjacent to an activating group) is 1. The number of likely N-dealkylation sites (tertiary alicyclic amines) is 1. The van der Waals surface area contributed by atoms with Crippen LogP contribution in [0.2, 0.25) is 0 Å². The summed E-state index contributed by atoms with van der Waals surface area (Å²) >= 11 is 1.84. The first-order chi connectivity index (χ1) is 8.76. The van der Waals surface area contributed by atoms with Gasteiger partial charge in [0.15, 0.2) is 0 Å². The van der Waals surface area contributed by atoms with Gasteiger partial charge in [-0.15, -0.1) is 0 Å². The number of nitrogens with one attached hydrogen (secondary N) is 1. The van der Waals surface area contributed by atoms with E-state index in [9.17, 15) is 4.79 Å². The molecule has 4 heteroatoms. The van der Waals surface area contributed by atoms with Gasteiger partial charge in [-0.1, -0.05) is 25.1 Å². The predicted octanol–water partition coefficient (Wildman–Crippen LogP) is 1.85. The molecular weight excluding hydrogens is 244 g/mol. The summed E-state index contributed by atoms with van der Waals surface area (Å²) < 4.78 is 0. The highest BCUT2D eigenvalue weighted by molar-refractivity contribution is 7.99. The fourth-order valence-electron chi connectivity index (χ4n) is 2.40. The molecule has 1 heterocycles. The second-order valence-corrected chi connectivity index (χ2v) is 5.59. The topological polar surface area (TPSA) is 32.3 Å².